The van der Waals surface area contributed by atoms with E-state index in [9.17, 15) is 0 Å². The van der Waals surface area contributed by atoms with Crippen LogP contribution in [0.25, 0.3) is 65.7 Å². The van der Waals surface area contributed by atoms with Crippen molar-refractivity contribution in [2.75, 3.05) is 0 Å². The van der Waals surface area contributed by atoms with Gasteiger partial charge >= 0.3 is 0 Å². The topological polar surface area (TPSA) is 78.1 Å². The summed E-state index contributed by atoms with van der Waals surface area (Å²) in [5.74, 6) is 0. The van der Waals surface area contributed by atoms with Crippen LogP contribution in [0.2, 0.25) is 0 Å². The second-order valence-electron chi connectivity index (χ2n) is 10.7. The summed E-state index contributed by atoms with van der Waals surface area (Å²) in [7, 11) is 0. The molecule has 0 unspecified atom stereocenters. The summed E-state index contributed by atoms with van der Waals surface area (Å²) in [6.45, 7) is 1.59. The van der Waals surface area contributed by atoms with E-state index in [4.69, 9.17) is 17.2 Å². The third kappa shape index (κ3) is 4.32. The Morgan fingerprint density at radius 2 is 0.707 bits per heavy atom. The molecule has 0 aliphatic rings. The predicted molar refractivity (Wildman–Crippen MR) is 178 cm³/mol. The van der Waals surface area contributed by atoms with Crippen LogP contribution in [0.3, 0.4) is 0 Å². The second-order valence-corrected chi connectivity index (χ2v) is 11.5. The van der Waals surface area contributed by atoms with Crippen molar-refractivity contribution in [1.82, 2.24) is 0 Å². The molecular weight excluding hydrogens is 566 g/mol. The first kappa shape index (κ1) is 25.9. The van der Waals surface area contributed by atoms with Crippen LogP contribution >= 0.6 is 15.9 Å². The lowest BCUT2D eigenvalue weighted by Crippen LogP contribution is -1.97. The summed E-state index contributed by atoms with van der Waals surface area (Å²) >= 11 is 3.93. The fraction of sp³-hybridized carbons (Fsp3) is 0.0811. The highest BCUT2D eigenvalue weighted by Gasteiger charge is 2.20. The zero-order valence-electron chi connectivity index (χ0n) is 22.6. The van der Waals surface area contributed by atoms with Crippen molar-refractivity contribution >= 4 is 48.2 Å². The number of hydrogen-bond donors (Lipinski definition) is 3. The van der Waals surface area contributed by atoms with Gasteiger partial charge in [-0.05, 0) is 94.5 Å². The average molecular weight is 597 g/mol. The zero-order chi connectivity index (χ0) is 28.1. The maximum atomic E-state index is 5.92. The Balaban J connectivity index is 1.59. The highest BCUT2D eigenvalue weighted by atomic mass is 79.9. The minimum Gasteiger partial charge on any atom is -0.326 e. The molecule has 3 nitrogen and oxygen atoms in total. The number of nitrogens with two attached hydrogens (primary N) is 3. The molecule has 7 rings (SSSR count). The van der Waals surface area contributed by atoms with E-state index < -0.39 is 0 Å². The van der Waals surface area contributed by atoms with E-state index in [1.165, 1.54) is 65.7 Å². The Labute approximate surface area is 248 Å². The van der Waals surface area contributed by atoms with Gasteiger partial charge in [-0.3, -0.25) is 0 Å². The van der Waals surface area contributed by atoms with E-state index in [0.29, 0.717) is 19.6 Å². The van der Waals surface area contributed by atoms with Crippen molar-refractivity contribution in [3.05, 3.63) is 130 Å². The summed E-state index contributed by atoms with van der Waals surface area (Å²) in [6.07, 6.45) is 0. The van der Waals surface area contributed by atoms with Gasteiger partial charge in [0, 0.05) is 24.1 Å². The summed E-state index contributed by atoms with van der Waals surface area (Å²) in [4.78, 5) is 0. The number of halogens is 1. The number of hydrogen-bond acceptors (Lipinski definition) is 3. The normalized spacial score (nSPS) is 11.7. The molecule has 0 heterocycles. The highest BCUT2D eigenvalue weighted by Crippen LogP contribution is 2.47. The van der Waals surface area contributed by atoms with Crippen LogP contribution in [0, 0.1) is 0 Å². The van der Waals surface area contributed by atoms with E-state index in [2.05, 4.69) is 125 Å². The molecule has 0 spiro atoms. The van der Waals surface area contributed by atoms with Gasteiger partial charge in [-0.2, -0.15) is 0 Å². The maximum absolute atomic E-state index is 5.92. The molecule has 0 bridgehead atoms. The van der Waals surface area contributed by atoms with Crippen molar-refractivity contribution in [3.8, 4) is 33.4 Å². The van der Waals surface area contributed by atoms with Crippen LogP contribution in [0.1, 0.15) is 16.7 Å². The summed E-state index contributed by atoms with van der Waals surface area (Å²) < 4.78 is 1.09. The van der Waals surface area contributed by atoms with Crippen molar-refractivity contribution in [1.29, 1.82) is 0 Å². The molecule has 7 aromatic carbocycles. The second kappa shape index (κ2) is 10.4. The molecule has 0 atom stereocenters. The zero-order valence-corrected chi connectivity index (χ0v) is 24.2. The van der Waals surface area contributed by atoms with Crippen LogP contribution in [0.15, 0.2) is 114 Å². The van der Waals surface area contributed by atoms with Crippen molar-refractivity contribution in [3.63, 3.8) is 0 Å². The first-order valence-electron chi connectivity index (χ1n) is 13.9. The smallest absolute Gasteiger partial charge is 0.0260 e. The molecular formula is C37H30BrN3. The molecule has 0 saturated heterocycles. The standard InChI is InChI=1S/C37H30BrN3/c38-35-18-34(27-11-5-24(21-41)6-12-27)30-14-13-28-32(25-7-1-22(19-39)2-8-25)17-33(26-9-3-23(20-40)4-10-26)29-15-16-31(35)37(30)36(28)29/h1-18H,19-21,39-41H2. The highest BCUT2D eigenvalue weighted by molar-refractivity contribution is 9.10. The Bertz CT molecular complexity index is 1960. The minimum absolute atomic E-state index is 0.528. The van der Waals surface area contributed by atoms with Gasteiger partial charge in [0.2, 0.25) is 0 Å². The third-order valence-corrected chi connectivity index (χ3v) is 9.01. The fourth-order valence-electron chi connectivity index (χ4n) is 6.13. The van der Waals surface area contributed by atoms with Crippen molar-refractivity contribution < 1.29 is 0 Å². The predicted octanol–water partition coefficient (Wildman–Crippen LogP) is 8.72. The fourth-order valence-corrected chi connectivity index (χ4v) is 6.69. The SMILES string of the molecule is NCc1ccc(-c2cc(Br)c3ccc4c(-c5ccc(CN)cc5)cc(-c5ccc(CN)cc5)c5ccc2c3c45)cc1. The van der Waals surface area contributed by atoms with Gasteiger partial charge in [-0.15, -0.1) is 0 Å². The van der Waals surface area contributed by atoms with E-state index in [-0.39, 0.29) is 0 Å². The van der Waals surface area contributed by atoms with Gasteiger partial charge in [-0.25, -0.2) is 0 Å². The largest absolute Gasteiger partial charge is 0.326 e. The first-order chi connectivity index (χ1) is 20.1. The third-order valence-electron chi connectivity index (χ3n) is 8.35. The summed E-state index contributed by atoms with van der Waals surface area (Å²) in [5.41, 5.74) is 28.3. The molecule has 0 saturated carbocycles. The maximum Gasteiger partial charge on any atom is 0.0260 e. The molecule has 0 amide bonds. The Hall–Kier alpha value is -4.06. The molecule has 7 aromatic rings. The van der Waals surface area contributed by atoms with Crippen LogP contribution in [0.4, 0.5) is 0 Å². The lowest BCUT2D eigenvalue weighted by atomic mass is 9.84. The minimum atomic E-state index is 0.528. The van der Waals surface area contributed by atoms with E-state index in [0.717, 1.165) is 21.2 Å². The quantitative estimate of drug-likeness (QED) is 0.168. The van der Waals surface area contributed by atoms with Crippen LogP contribution in [-0.2, 0) is 19.6 Å². The average Bonchev–Trinajstić information content (AvgIpc) is 3.04. The molecule has 200 valence electrons. The van der Waals surface area contributed by atoms with Gasteiger partial charge in [0.05, 0.1) is 0 Å². The molecule has 0 fully saturated rings. The van der Waals surface area contributed by atoms with Gasteiger partial charge in [-0.1, -0.05) is 113 Å². The van der Waals surface area contributed by atoms with Crippen LogP contribution in [-0.4, -0.2) is 0 Å². The molecule has 0 radical (unpaired) electrons. The summed E-state index contributed by atoms with van der Waals surface area (Å²) in [5, 5.41) is 7.47. The van der Waals surface area contributed by atoms with Gasteiger partial charge in [0.1, 0.15) is 0 Å². The van der Waals surface area contributed by atoms with E-state index in [1.807, 2.05) is 0 Å². The van der Waals surface area contributed by atoms with Crippen LogP contribution in [0.5, 0.6) is 0 Å². The molecule has 0 aromatic heterocycles. The first-order valence-corrected chi connectivity index (χ1v) is 14.7. The van der Waals surface area contributed by atoms with E-state index >= 15 is 0 Å². The Morgan fingerprint density at radius 3 is 1.07 bits per heavy atom. The molecule has 41 heavy (non-hydrogen) atoms. The Kier molecular flexibility index (Phi) is 6.57. The van der Waals surface area contributed by atoms with Crippen molar-refractivity contribution in [2.24, 2.45) is 17.2 Å². The lowest BCUT2D eigenvalue weighted by molar-refractivity contribution is 1.07. The van der Waals surface area contributed by atoms with Gasteiger partial charge in [0.25, 0.3) is 0 Å². The number of benzene rings is 7. The monoisotopic (exact) mass is 595 g/mol. The summed E-state index contributed by atoms with van der Waals surface area (Å²) in [6, 6.07) is 39.6. The van der Waals surface area contributed by atoms with Gasteiger partial charge < -0.3 is 17.2 Å². The molecule has 6 N–H and O–H groups in total. The molecule has 4 heteroatoms. The lowest BCUT2D eigenvalue weighted by Gasteiger charge is -2.20. The number of rotatable bonds is 6. The van der Waals surface area contributed by atoms with Gasteiger partial charge in [0.15, 0.2) is 0 Å². The van der Waals surface area contributed by atoms with Crippen LogP contribution < -0.4 is 17.2 Å². The van der Waals surface area contributed by atoms with Crippen molar-refractivity contribution in [2.45, 2.75) is 19.6 Å². The Morgan fingerprint density at radius 1 is 0.390 bits per heavy atom. The molecule has 0 aliphatic heterocycles. The molecule has 0 aliphatic carbocycles. The van der Waals surface area contributed by atoms with E-state index in [1.54, 1.807) is 0 Å².